The van der Waals surface area contributed by atoms with Crippen molar-refractivity contribution in [2.45, 2.75) is 19.8 Å². The Balaban J connectivity index is 0.000000646. The molecule has 5 heteroatoms. The smallest absolute Gasteiger partial charge is 0.0693 e. The van der Waals surface area contributed by atoms with Crippen molar-refractivity contribution < 1.29 is 4.74 Å². The van der Waals surface area contributed by atoms with E-state index in [-0.39, 0.29) is 0 Å². The number of nitrogens with zero attached hydrogens (tertiary/aromatic N) is 2. The number of hydrogen-bond acceptors (Lipinski definition) is 3. The molecule has 5 heterocycles. The van der Waals surface area contributed by atoms with Crippen LogP contribution in [0.5, 0.6) is 0 Å². The molecule has 3 aromatic heterocycles. The van der Waals surface area contributed by atoms with Gasteiger partial charge >= 0.3 is 0 Å². The van der Waals surface area contributed by atoms with E-state index in [0.29, 0.717) is 5.92 Å². The quantitative estimate of drug-likeness (QED) is 0.404. The average Bonchev–Trinajstić information content (AvgIpc) is 3.02. The minimum atomic E-state index is 0.657. The third-order valence-electron chi connectivity index (χ3n) is 5.55. The van der Waals surface area contributed by atoms with E-state index in [1.165, 1.54) is 24.0 Å². The van der Waals surface area contributed by atoms with Crippen LogP contribution in [0, 0.1) is 12.8 Å². The van der Waals surface area contributed by atoms with Crippen LogP contribution in [0.15, 0.2) is 42.5 Å². The van der Waals surface area contributed by atoms with Crippen LogP contribution in [0.3, 0.4) is 0 Å². The van der Waals surface area contributed by atoms with Crippen LogP contribution in [0.4, 0.5) is 0 Å². The van der Waals surface area contributed by atoms with Gasteiger partial charge in [0.2, 0.25) is 0 Å². The van der Waals surface area contributed by atoms with Gasteiger partial charge in [0.15, 0.2) is 0 Å². The fraction of sp³-hybridized carbons (Fsp3) is 0.231. The molecule has 1 saturated carbocycles. The SMILES string of the molecule is COC.Cc1cc2cc3nc(cc4ccc(cc5nc(cc1[nH]2)C=C5C1CC1)[nH]4)C=C3. The number of aromatic nitrogens is 4. The summed E-state index contributed by atoms with van der Waals surface area (Å²) in [4.78, 5) is 16.6. The van der Waals surface area contributed by atoms with Crippen molar-refractivity contribution in [1.82, 2.24) is 19.9 Å². The second kappa shape index (κ2) is 8.00. The standard InChI is InChI=1S/C24H20N4.C2H6O/c1-14-8-20-10-18-5-4-16(25-18)9-17-6-7-19(26-17)12-24-22(15-2-3-15)11-21(28-24)13-23(14)27-20;1-3-2/h4-13,15,26-27H,2-3H2,1H3;1-2H3. The summed E-state index contributed by atoms with van der Waals surface area (Å²) in [5.74, 6) is 0.657. The second-order valence-electron chi connectivity index (χ2n) is 8.27. The molecule has 0 radical (unpaired) electrons. The Hall–Kier alpha value is -3.44. The number of allylic oxidation sites excluding steroid dienone is 1. The Morgan fingerprint density at radius 3 is 2.19 bits per heavy atom. The summed E-state index contributed by atoms with van der Waals surface area (Å²) in [7, 11) is 3.25. The summed E-state index contributed by atoms with van der Waals surface area (Å²) in [5, 5.41) is 0. The second-order valence-corrected chi connectivity index (χ2v) is 8.27. The summed E-state index contributed by atoms with van der Waals surface area (Å²) in [6.07, 6.45) is 8.88. The van der Waals surface area contributed by atoms with Crippen LogP contribution in [0.1, 0.15) is 41.2 Å². The highest BCUT2D eigenvalue weighted by Gasteiger charge is 2.29. The van der Waals surface area contributed by atoms with E-state index in [0.717, 1.165) is 44.8 Å². The molecule has 31 heavy (non-hydrogen) atoms. The number of rotatable bonds is 1. The maximum atomic E-state index is 4.94. The Morgan fingerprint density at radius 2 is 1.48 bits per heavy atom. The lowest BCUT2D eigenvalue weighted by Gasteiger charge is -1.96. The molecule has 5 nitrogen and oxygen atoms in total. The molecular formula is C26H26N4O. The number of hydrogen-bond donors (Lipinski definition) is 2. The molecule has 0 spiro atoms. The van der Waals surface area contributed by atoms with E-state index < -0.39 is 0 Å². The molecule has 6 rings (SSSR count). The zero-order chi connectivity index (χ0) is 21.4. The molecule has 1 aliphatic carbocycles. The molecule has 0 aromatic carbocycles. The fourth-order valence-corrected chi connectivity index (χ4v) is 3.98. The van der Waals surface area contributed by atoms with E-state index in [4.69, 9.17) is 9.97 Å². The zero-order valence-corrected chi connectivity index (χ0v) is 18.1. The van der Waals surface area contributed by atoms with Gasteiger partial charge in [0, 0.05) is 36.3 Å². The first-order valence-corrected chi connectivity index (χ1v) is 10.6. The first-order chi connectivity index (χ1) is 15.1. The van der Waals surface area contributed by atoms with Gasteiger partial charge in [-0.1, -0.05) is 0 Å². The maximum absolute atomic E-state index is 4.94. The van der Waals surface area contributed by atoms with E-state index in [2.05, 4.69) is 70.2 Å². The Bertz CT molecular complexity index is 1350. The number of methoxy groups -OCH3 is 1. The molecule has 1 fully saturated rings. The van der Waals surface area contributed by atoms with Crippen molar-refractivity contribution >= 4 is 45.9 Å². The van der Waals surface area contributed by atoms with Gasteiger partial charge in [-0.25, -0.2) is 9.97 Å². The predicted molar refractivity (Wildman–Crippen MR) is 128 cm³/mol. The highest BCUT2D eigenvalue weighted by Crippen LogP contribution is 2.44. The molecule has 2 N–H and O–H groups in total. The Morgan fingerprint density at radius 1 is 0.806 bits per heavy atom. The van der Waals surface area contributed by atoms with E-state index in [1.54, 1.807) is 14.2 Å². The van der Waals surface area contributed by atoms with Crippen molar-refractivity contribution in [3.05, 3.63) is 70.8 Å². The highest BCUT2D eigenvalue weighted by atomic mass is 16.4. The first kappa shape index (κ1) is 19.5. The zero-order valence-electron chi connectivity index (χ0n) is 18.1. The predicted octanol–water partition coefficient (Wildman–Crippen LogP) is 6.01. The lowest BCUT2D eigenvalue weighted by atomic mass is 10.1. The van der Waals surface area contributed by atoms with E-state index in [9.17, 15) is 0 Å². The van der Waals surface area contributed by atoms with Gasteiger partial charge in [0.1, 0.15) is 0 Å². The molecule has 3 aromatic rings. The average molecular weight is 411 g/mol. The number of aryl methyl sites for hydroxylation is 1. The molecule has 156 valence electrons. The number of H-pyrrole nitrogens is 2. The van der Waals surface area contributed by atoms with Gasteiger partial charge in [-0.3, -0.25) is 0 Å². The molecule has 0 amide bonds. The van der Waals surface area contributed by atoms with Crippen LogP contribution in [-0.4, -0.2) is 34.2 Å². The van der Waals surface area contributed by atoms with E-state index in [1.807, 2.05) is 12.2 Å². The lowest BCUT2D eigenvalue weighted by molar-refractivity contribution is 0.277. The summed E-state index contributed by atoms with van der Waals surface area (Å²) in [6.45, 7) is 2.13. The van der Waals surface area contributed by atoms with Gasteiger partial charge in [-0.2, -0.15) is 0 Å². The van der Waals surface area contributed by atoms with Crippen molar-refractivity contribution in [1.29, 1.82) is 0 Å². The van der Waals surface area contributed by atoms with Gasteiger partial charge < -0.3 is 14.7 Å². The normalized spacial score (nSPS) is 14.7. The van der Waals surface area contributed by atoms with E-state index >= 15 is 0 Å². The van der Waals surface area contributed by atoms with Gasteiger partial charge in [0.05, 0.1) is 22.8 Å². The third-order valence-corrected chi connectivity index (χ3v) is 5.55. The topological polar surface area (TPSA) is 66.6 Å². The summed E-state index contributed by atoms with van der Waals surface area (Å²) >= 11 is 0. The minimum Gasteiger partial charge on any atom is -0.388 e. The van der Waals surface area contributed by atoms with Gasteiger partial charge in [0.25, 0.3) is 0 Å². The molecular weight excluding hydrogens is 384 g/mol. The summed E-state index contributed by atoms with van der Waals surface area (Å²) < 4.78 is 4.25. The lowest BCUT2D eigenvalue weighted by Crippen LogP contribution is -1.82. The maximum Gasteiger partial charge on any atom is 0.0693 e. The van der Waals surface area contributed by atoms with Crippen LogP contribution in [0.25, 0.3) is 45.9 Å². The Kier molecular flexibility index (Phi) is 5.04. The van der Waals surface area contributed by atoms with Crippen LogP contribution in [-0.2, 0) is 4.74 Å². The van der Waals surface area contributed by atoms with Crippen molar-refractivity contribution in [3.63, 3.8) is 0 Å². The largest absolute Gasteiger partial charge is 0.388 e. The summed E-state index contributed by atoms with van der Waals surface area (Å²) in [5.41, 5.74) is 10.9. The Labute approximate surface area is 181 Å². The molecule has 0 atom stereocenters. The highest BCUT2D eigenvalue weighted by molar-refractivity contribution is 5.87. The molecule has 0 unspecified atom stereocenters. The number of fused-ring (bicyclic) bond motifs is 8. The third kappa shape index (κ3) is 4.23. The molecule has 3 aliphatic rings. The van der Waals surface area contributed by atoms with Crippen LogP contribution >= 0.6 is 0 Å². The van der Waals surface area contributed by atoms with Gasteiger partial charge in [-0.15, -0.1) is 0 Å². The van der Waals surface area contributed by atoms with Crippen molar-refractivity contribution in [2.24, 2.45) is 5.92 Å². The van der Waals surface area contributed by atoms with Crippen molar-refractivity contribution in [3.8, 4) is 0 Å². The monoisotopic (exact) mass is 410 g/mol. The number of ether oxygens (including phenoxy) is 1. The molecule has 0 saturated heterocycles. The van der Waals surface area contributed by atoms with Crippen molar-refractivity contribution in [2.75, 3.05) is 14.2 Å². The minimum absolute atomic E-state index is 0.657. The van der Waals surface area contributed by atoms with Crippen LogP contribution in [0.2, 0.25) is 0 Å². The molecule has 8 bridgehead atoms. The van der Waals surface area contributed by atoms with Gasteiger partial charge in [-0.05, 0) is 97.5 Å². The number of nitrogens with one attached hydrogen (secondary N) is 2. The van der Waals surface area contributed by atoms with Crippen LogP contribution < -0.4 is 0 Å². The molecule has 2 aliphatic heterocycles. The first-order valence-electron chi connectivity index (χ1n) is 10.6. The summed E-state index contributed by atoms with van der Waals surface area (Å²) in [6, 6.07) is 14.8. The fourth-order valence-electron chi connectivity index (χ4n) is 3.98. The number of aromatic amines is 2.